The van der Waals surface area contributed by atoms with Gasteiger partial charge in [0, 0.05) is 6.54 Å². The fourth-order valence-corrected chi connectivity index (χ4v) is 3.70. The van der Waals surface area contributed by atoms with Gasteiger partial charge in [0.25, 0.3) is 5.56 Å². The van der Waals surface area contributed by atoms with E-state index in [0.717, 1.165) is 25.7 Å². The highest BCUT2D eigenvalue weighted by Crippen LogP contribution is 2.39. The van der Waals surface area contributed by atoms with Crippen molar-refractivity contribution in [1.82, 2.24) is 19.5 Å². The Hall–Kier alpha value is -1.90. The Morgan fingerprint density at radius 3 is 2.71 bits per heavy atom. The molecule has 31 heavy (non-hydrogen) atoms. The third-order valence-corrected chi connectivity index (χ3v) is 5.38. The minimum atomic E-state index is -4.80. The summed E-state index contributed by atoms with van der Waals surface area (Å²) < 4.78 is 22.3. The van der Waals surface area contributed by atoms with Crippen LogP contribution in [-0.4, -0.2) is 77.5 Å². The molecule has 15 heteroatoms. The molecule has 8 N–H and O–H groups in total. The third-order valence-electron chi connectivity index (χ3n) is 4.90. The standard InChI is InChI=1S/C16H27N6O8P/c17-5-3-1-2-4-6-18-16-21-10-13(19-8-20-14(10)25)22(16)15-12(24)11(23)9(30-15)7-29-31(26,27)28/h8-9,11-12,15,23-24H,1-7,17H2,(H,18,21)(H,19,20,25)(H2,26,27,28). The van der Waals surface area contributed by atoms with Crippen LogP contribution in [-0.2, 0) is 13.8 Å². The summed E-state index contributed by atoms with van der Waals surface area (Å²) >= 11 is 0. The van der Waals surface area contributed by atoms with Crippen LogP contribution in [0, 0.1) is 0 Å². The Morgan fingerprint density at radius 2 is 2.00 bits per heavy atom. The third kappa shape index (κ3) is 5.67. The molecule has 174 valence electrons. The van der Waals surface area contributed by atoms with E-state index in [4.69, 9.17) is 20.3 Å². The van der Waals surface area contributed by atoms with Gasteiger partial charge in [-0.25, -0.2) is 14.5 Å². The van der Waals surface area contributed by atoms with Gasteiger partial charge in [0.05, 0.1) is 12.9 Å². The number of phosphoric acid groups is 1. The van der Waals surface area contributed by atoms with Crippen molar-refractivity contribution >= 4 is 24.9 Å². The molecule has 1 aliphatic heterocycles. The number of aliphatic hydroxyl groups is 2. The van der Waals surface area contributed by atoms with Gasteiger partial charge >= 0.3 is 7.82 Å². The average molecular weight is 462 g/mol. The number of ether oxygens (including phenoxy) is 1. The summed E-state index contributed by atoms with van der Waals surface area (Å²) in [5, 5.41) is 23.9. The number of aromatic nitrogens is 4. The van der Waals surface area contributed by atoms with Crippen molar-refractivity contribution < 1.29 is 33.8 Å². The van der Waals surface area contributed by atoms with Gasteiger partial charge in [0.15, 0.2) is 17.4 Å². The SMILES string of the molecule is NCCCCCCNc1nc2c(=O)[nH]cnc2n1C1OC(COP(=O)(O)O)C(O)C1O. The zero-order valence-corrected chi connectivity index (χ0v) is 17.5. The van der Waals surface area contributed by atoms with Gasteiger partial charge in [-0.1, -0.05) is 12.8 Å². The van der Waals surface area contributed by atoms with Crippen molar-refractivity contribution in [3.63, 3.8) is 0 Å². The van der Waals surface area contributed by atoms with Crippen LogP contribution in [0.5, 0.6) is 0 Å². The Bertz CT molecular complexity index is 977. The van der Waals surface area contributed by atoms with Crippen LogP contribution >= 0.6 is 7.82 Å². The van der Waals surface area contributed by atoms with E-state index in [9.17, 15) is 19.6 Å². The number of anilines is 1. The molecule has 0 aliphatic carbocycles. The number of aliphatic hydroxyl groups excluding tert-OH is 2. The van der Waals surface area contributed by atoms with Gasteiger partial charge in [0.1, 0.15) is 18.3 Å². The Kier molecular flexibility index (Phi) is 7.78. The predicted molar refractivity (Wildman–Crippen MR) is 108 cm³/mol. The highest BCUT2D eigenvalue weighted by molar-refractivity contribution is 7.46. The van der Waals surface area contributed by atoms with Gasteiger partial charge in [-0.05, 0) is 19.4 Å². The minimum absolute atomic E-state index is 0.00772. The van der Waals surface area contributed by atoms with Crippen LogP contribution in [0.15, 0.2) is 11.1 Å². The summed E-state index contributed by atoms with van der Waals surface area (Å²) in [6.07, 6.45) is -0.617. The molecule has 2 aromatic rings. The first-order valence-electron chi connectivity index (χ1n) is 9.84. The number of unbranched alkanes of at least 4 members (excludes halogenated alkanes) is 3. The van der Waals surface area contributed by atoms with Crippen LogP contribution < -0.4 is 16.6 Å². The molecule has 1 aliphatic rings. The minimum Gasteiger partial charge on any atom is -0.387 e. The Balaban J connectivity index is 1.83. The second-order valence-electron chi connectivity index (χ2n) is 7.17. The van der Waals surface area contributed by atoms with E-state index < -0.39 is 44.5 Å². The van der Waals surface area contributed by atoms with Gasteiger partial charge in [0.2, 0.25) is 5.95 Å². The molecule has 0 saturated carbocycles. The average Bonchev–Trinajstić information content (AvgIpc) is 3.21. The molecule has 0 radical (unpaired) electrons. The van der Waals surface area contributed by atoms with Crippen molar-refractivity contribution in [3.8, 4) is 0 Å². The first-order chi connectivity index (χ1) is 14.7. The summed E-state index contributed by atoms with van der Waals surface area (Å²) in [7, 11) is -4.80. The largest absolute Gasteiger partial charge is 0.469 e. The quantitative estimate of drug-likeness (QED) is 0.154. The summed E-state index contributed by atoms with van der Waals surface area (Å²) in [5.41, 5.74) is 5.11. The maximum Gasteiger partial charge on any atom is 0.469 e. The molecule has 4 unspecified atom stereocenters. The van der Waals surface area contributed by atoms with Crippen LogP contribution in [0.1, 0.15) is 31.9 Å². The van der Waals surface area contributed by atoms with Crippen LogP contribution in [0.4, 0.5) is 5.95 Å². The molecule has 0 spiro atoms. The fraction of sp³-hybridized carbons (Fsp3) is 0.688. The number of nitrogens with one attached hydrogen (secondary N) is 2. The number of rotatable bonds is 11. The first kappa shape index (κ1) is 23.8. The van der Waals surface area contributed by atoms with Gasteiger partial charge in [-0.2, -0.15) is 0 Å². The van der Waals surface area contributed by atoms with E-state index in [1.807, 2.05) is 0 Å². The number of hydrogen-bond acceptors (Lipinski definition) is 10. The maximum atomic E-state index is 12.2. The molecule has 4 atom stereocenters. The van der Waals surface area contributed by atoms with Gasteiger partial charge in [-0.15, -0.1) is 0 Å². The number of hydrogen-bond donors (Lipinski definition) is 7. The lowest BCUT2D eigenvalue weighted by Crippen LogP contribution is -2.33. The summed E-state index contributed by atoms with van der Waals surface area (Å²) in [6.45, 7) is 0.495. The maximum absolute atomic E-state index is 12.2. The van der Waals surface area contributed by atoms with Crippen LogP contribution in [0.3, 0.4) is 0 Å². The number of nitrogens with zero attached hydrogens (tertiary/aromatic N) is 3. The van der Waals surface area contributed by atoms with Crippen molar-refractivity contribution in [3.05, 3.63) is 16.7 Å². The lowest BCUT2D eigenvalue weighted by atomic mass is 10.1. The molecule has 2 aromatic heterocycles. The lowest BCUT2D eigenvalue weighted by Gasteiger charge is -2.19. The van der Waals surface area contributed by atoms with E-state index in [-0.39, 0.29) is 17.1 Å². The zero-order valence-electron chi connectivity index (χ0n) is 16.6. The number of phosphoric ester groups is 1. The number of imidazole rings is 1. The van der Waals surface area contributed by atoms with E-state index in [0.29, 0.717) is 13.1 Å². The molecule has 0 aromatic carbocycles. The van der Waals surface area contributed by atoms with Crippen molar-refractivity contribution in [2.75, 3.05) is 25.0 Å². The Labute approximate surface area is 176 Å². The fourth-order valence-electron chi connectivity index (χ4n) is 3.36. The van der Waals surface area contributed by atoms with Crippen LogP contribution in [0.25, 0.3) is 11.2 Å². The molecule has 3 heterocycles. The van der Waals surface area contributed by atoms with E-state index >= 15 is 0 Å². The number of nitrogens with two attached hydrogens (primary N) is 1. The molecule has 1 saturated heterocycles. The number of fused-ring (bicyclic) bond motifs is 1. The molecule has 3 rings (SSSR count). The summed E-state index contributed by atoms with van der Waals surface area (Å²) in [6, 6.07) is 0. The van der Waals surface area contributed by atoms with E-state index in [2.05, 4.69) is 24.8 Å². The van der Waals surface area contributed by atoms with Crippen molar-refractivity contribution in [2.24, 2.45) is 5.73 Å². The number of aromatic amines is 1. The highest BCUT2D eigenvalue weighted by atomic mass is 31.2. The van der Waals surface area contributed by atoms with Gasteiger partial charge < -0.3 is 40.8 Å². The molecule has 14 nitrogen and oxygen atoms in total. The molecule has 0 bridgehead atoms. The van der Waals surface area contributed by atoms with Crippen molar-refractivity contribution in [2.45, 2.75) is 50.2 Å². The summed E-state index contributed by atoms with van der Waals surface area (Å²) in [4.78, 5) is 40.7. The molecular weight excluding hydrogens is 435 g/mol. The van der Waals surface area contributed by atoms with Crippen LogP contribution in [0.2, 0.25) is 0 Å². The molecule has 0 amide bonds. The first-order valence-corrected chi connectivity index (χ1v) is 11.4. The summed E-state index contributed by atoms with van der Waals surface area (Å²) in [5.74, 6) is 0.200. The van der Waals surface area contributed by atoms with Gasteiger partial charge in [-0.3, -0.25) is 13.9 Å². The smallest absolute Gasteiger partial charge is 0.387 e. The highest BCUT2D eigenvalue weighted by Gasteiger charge is 2.46. The second-order valence-corrected chi connectivity index (χ2v) is 8.41. The topological polar surface area (TPSA) is 218 Å². The van der Waals surface area contributed by atoms with E-state index in [1.54, 1.807) is 0 Å². The predicted octanol–water partition coefficient (Wildman–Crippen LogP) is -1.22. The lowest BCUT2D eigenvalue weighted by molar-refractivity contribution is -0.0494. The number of H-pyrrole nitrogens is 1. The van der Waals surface area contributed by atoms with Crippen molar-refractivity contribution in [1.29, 1.82) is 0 Å². The molecular formula is C16H27N6O8P. The van der Waals surface area contributed by atoms with E-state index in [1.165, 1.54) is 10.9 Å². The Morgan fingerprint density at radius 1 is 1.26 bits per heavy atom. The molecule has 1 fully saturated rings. The normalized spacial score (nSPS) is 24.2. The zero-order chi connectivity index (χ0) is 22.6. The second kappa shape index (κ2) is 10.1. The monoisotopic (exact) mass is 462 g/mol.